The van der Waals surface area contributed by atoms with Crippen molar-refractivity contribution in [3.8, 4) is 0 Å². The third-order valence-corrected chi connectivity index (χ3v) is 4.00. The Morgan fingerprint density at radius 3 is 2.18 bits per heavy atom. The Morgan fingerprint density at radius 2 is 1.65 bits per heavy atom. The molecule has 1 saturated carbocycles. The van der Waals surface area contributed by atoms with Gasteiger partial charge in [-0.1, -0.05) is 12.2 Å². The maximum atomic E-state index is 12.0. The van der Waals surface area contributed by atoms with Gasteiger partial charge in [0.1, 0.15) is 5.57 Å². The number of carbonyl (C=O) groups excluding carboxylic acids is 2. The Kier molecular flexibility index (Phi) is 1.85. The summed E-state index contributed by atoms with van der Waals surface area (Å²) < 4.78 is 0. The molecule has 0 amide bonds. The monoisotopic (exact) mass is 234 g/mol. The lowest BCUT2D eigenvalue weighted by Crippen LogP contribution is -2.41. The lowest BCUT2D eigenvalue weighted by Gasteiger charge is -2.29. The second-order valence-electron chi connectivity index (χ2n) is 4.76. The number of carboxylic acid groups (broad SMARTS) is 1. The van der Waals surface area contributed by atoms with E-state index in [0.717, 1.165) is 0 Å². The fourth-order valence-electron chi connectivity index (χ4n) is 3.31. The van der Waals surface area contributed by atoms with Crippen LogP contribution in [0.4, 0.5) is 0 Å². The van der Waals surface area contributed by atoms with Gasteiger partial charge in [-0.3, -0.25) is 9.59 Å². The van der Waals surface area contributed by atoms with E-state index in [2.05, 4.69) is 0 Å². The fraction of sp³-hybridized carbons (Fsp3) is 0.417. The highest BCUT2D eigenvalue weighted by Crippen LogP contribution is 2.52. The van der Waals surface area contributed by atoms with Crippen LogP contribution in [-0.2, 0) is 14.4 Å². The molecule has 0 aromatic carbocycles. The molecule has 3 aliphatic rings. The molecule has 1 fully saturated rings. The highest BCUT2D eigenvalue weighted by Gasteiger charge is 2.56. The number of Topliss-reactive ketones (excluding diaryl/α,β-unsaturated/α-hetero) is 2. The van der Waals surface area contributed by atoms with Crippen molar-refractivity contribution in [2.45, 2.75) is 6.42 Å². The maximum absolute atomic E-state index is 12.0. The number of ketones is 2. The molecular formula is C12H10O5. The van der Waals surface area contributed by atoms with Crippen molar-refractivity contribution in [1.29, 1.82) is 0 Å². The number of aliphatic hydroxyl groups excluding tert-OH is 1. The minimum atomic E-state index is -1.52. The molecule has 0 radical (unpaired) electrons. The normalized spacial score (nSPS) is 38.8. The topological polar surface area (TPSA) is 91.7 Å². The molecule has 0 aliphatic heterocycles. The summed E-state index contributed by atoms with van der Waals surface area (Å²) in [6.45, 7) is 0. The molecule has 0 heterocycles. The van der Waals surface area contributed by atoms with Crippen molar-refractivity contribution in [2.75, 3.05) is 0 Å². The Bertz CT molecular complexity index is 513. The van der Waals surface area contributed by atoms with E-state index in [4.69, 9.17) is 5.11 Å². The van der Waals surface area contributed by atoms with Crippen LogP contribution in [-0.4, -0.2) is 27.7 Å². The Balaban J connectivity index is 2.14. The van der Waals surface area contributed by atoms with Gasteiger partial charge in [0.2, 0.25) is 5.78 Å². The zero-order valence-corrected chi connectivity index (χ0v) is 8.79. The van der Waals surface area contributed by atoms with E-state index in [1.807, 2.05) is 12.2 Å². The zero-order chi connectivity index (χ0) is 12.3. The van der Waals surface area contributed by atoms with E-state index in [1.54, 1.807) is 0 Å². The van der Waals surface area contributed by atoms with Crippen LogP contribution in [0.2, 0.25) is 0 Å². The highest BCUT2D eigenvalue weighted by atomic mass is 16.4. The van der Waals surface area contributed by atoms with E-state index in [9.17, 15) is 19.5 Å². The number of fused-ring (bicyclic) bond motifs is 5. The summed E-state index contributed by atoms with van der Waals surface area (Å²) in [5.41, 5.74) is -0.739. The summed E-state index contributed by atoms with van der Waals surface area (Å²) in [6, 6.07) is 0. The fourth-order valence-corrected chi connectivity index (χ4v) is 3.31. The van der Waals surface area contributed by atoms with Gasteiger partial charge in [0.25, 0.3) is 0 Å². The van der Waals surface area contributed by atoms with Gasteiger partial charge in [-0.2, -0.15) is 0 Å². The van der Waals surface area contributed by atoms with E-state index in [1.165, 1.54) is 0 Å². The molecule has 88 valence electrons. The number of allylic oxidation sites excluding steroid dienone is 3. The SMILES string of the molecule is O=C(O)C1=C(O)C(=O)[C@H]2C3C=CC(C3)C2C1=O. The molecule has 5 nitrogen and oxygen atoms in total. The first-order chi connectivity index (χ1) is 8.02. The lowest BCUT2D eigenvalue weighted by molar-refractivity contribution is -0.140. The van der Waals surface area contributed by atoms with Crippen molar-refractivity contribution in [3.63, 3.8) is 0 Å². The average molecular weight is 234 g/mol. The van der Waals surface area contributed by atoms with Crippen LogP contribution in [0.25, 0.3) is 0 Å². The Hall–Kier alpha value is -1.91. The molecular weight excluding hydrogens is 224 g/mol. The molecule has 0 aromatic heterocycles. The third kappa shape index (κ3) is 1.11. The minimum absolute atomic E-state index is 0.0288. The smallest absolute Gasteiger partial charge is 0.343 e. The molecule has 3 aliphatic carbocycles. The van der Waals surface area contributed by atoms with Crippen LogP contribution >= 0.6 is 0 Å². The molecule has 3 unspecified atom stereocenters. The predicted molar refractivity (Wildman–Crippen MR) is 55.0 cm³/mol. The van der Waals surface area contributed by atoms with Gasteiger partial charge in [0.15, 0.2) is 11.5 Å². The highest BCUT2D eigenvalue weighted by molar-refractivity contribution is 6.25. The number of carboxylic acids is 1. The van der Waals surface area contributed by atoms with E-state index in [-0.39, 0.29) is 11.8 Å². The van der Waals surface area contributed by atoms with Crippen molar-refractivity contribution in [1.82, 2.24) is 0 Å². The van der Waals surface area contributed by atoms with Gasteiger partial charge in [-0.15, -0.1) is 0 Å². The zero-order valence-electron chi connectivity index (χ0n) is 8.79. The van der Waals surface area contributed by atoms with Crippen molar-refractivity contribution < 1.29 is 24.6 Å². The minimum Gasteiger partial charge on any atom is -0.504 e. The molecule has 0 aromatic rings. The van der Waals surface area contributed by atoms with Crippen molar-refractivity contribution >= 4 is 17.5 Å². The van der Waals surface area contributed by atoms with Crippen molar-refractivity contribution in [2.24, 2.45) is 23.7 Å². The van der Waals surface area contributed by atoms with Crippen LogP contribution in [0.1, 0.15) is 6.42 Å². The number of aliphatic hydroxyl groups is 1. The first kappa shape index (κ1) is 10.3. The molecule has 3 rings (SSSR count). The van der Waals surface area contributed by atoms with Gasteiger partial charge in [-0.25, -0.2) is 4.79 Å². The predicted octanol–water partition coefficient (Wildman–Crippen LogP) is 0.473. The number of hydrogen-bond donors (Lipinski definition) is 2. The van der Waals surface area contributed by atoms with Crippen LogP contribution in [0.15, 0.2) is 23.5 Å². The lowest BCUT2D eigenvalue weighted by atomic mass is 9.71. The van der Waals surface area contributed by atoms with E-state index in [0.29, 0.717) is 6.42 Å². The molecule has 17 heavy (non-hydrogen) atoms. The van der Waals surface area contributed by atoms with Gasteiger partial charge in [0, 0.05) is 11.8 Å². The second-order valence-corrected chi connectivity index (χ2v) is 4.76. The largest absolute Gasteiger partial charge is 0.504 e. The first-order valence-corrected chi connectivity index (χ1v) is 5.45. The van der Waals surface area contributed by atoms with Crippen LogP contribution < -0.4 is 0 Å². The van der Waals surface area contributed by atoms with Crippen LogP contribution in [0.3, 0.4) is 0 Å². The van der Waals surface area contributed by atoms with Gasteiger partial charge in [-0.05, 0) is 18.3 Å². The standard InChI is InChI=1S/C12H10O5/c13-9-6-4-1-2-5(3-4)7(6)10(14)11(15)8(9)12(16)17/h1-2,4-7,15H,3H2,(H,16,17)/t4?,5?,6?,7-/m0/s1. The van der Waals surface area contributed by atoms with Crippen LogP contribution in [0, 0.1) is 23.7 Å². The molecule has 2 bridgehead atoms. The molecule has 2 N–H and O–H groups in total. The molecule has 0 saturated heterocycles. The molecule has 0 spiro atoms. The number of rotatable bonds is 1. The summed E-state index contributed by atoms with van der Waals surface area (Å²) in [6.07, 6.45) is 4.46. The summed E-state index contributed by atoms with van der Waals surface area (Å²) in [5, 5.41) is 18.4. The summed E-state index contributed by atoms with van der Waals surface area (Å²) in [4.78, 5) is 34.8. The summed E-state index contributed by atoms with van der Waals surface area (Å²) in [7, 11) is 0. The van der Waals surface area contributed by atoms with Gasteiger partial charge >= 0.3 is 5.97 Å². The Morgan fingerprint density at radius 1 is 1.12 bits per heavy atom. The number of hydrogen-bond acceptors (Lipinski definition) is 4. The van der Waals surface area contributed by atoms with Gasteiger partial charge in [0.05, 0.1) is 0 Å². The number of carbonyl (C=O) groups is 3. The molecule has 5 heteroatoms. The van der Waals surface area contributed by atoms with Crippen molar-refractivity contribution in [3.05, 3.63) is 23.5 Å². The first-order valence-electron chi connectivity index (χ1n) is 5.45. The number of aliphatic carboxylic acids is 1. The van der Waals surface area contributed by atoms with E-state index < -0.39 is 40.7 Å². The average Bonchev–Trinajstić information content (AvgIpc) is 2.85. The maximum Gasteiger partial charge on any atom is 0.343 e. The van der Waals surface area contributed by atoms with Crippen LogP contribution in [0.5, 0.6) is 0 Å². The second kappa shape index (κ2) is 3.06. The molecule has 4 atom stereocenters. The Labute approximate surface area is 96.4 Å². The van der Waals surface area contributed by atoms with Gasteiger partial charge < -0.3 is 10.2 Å². The van der Waals surface area contributed by atoms with E-state index >= 15 is 0 Å². The summed E-state index contributed by atoms with van der Waals surface area (Å²) in [5.74, 6) is -4.81. The third-order valence-electron chi connectivity index (χ3n) is 4.00. The quantitative estimate of drug-likeness (QED) is 0.508. The summed E-state index contributed by atoms with van der Waals surface area (Å²) >= 11 is 0.